The second kappa shape index (κ2) is 4.85. The van der Waals surface area contributed by atoms with E-state index < -0.39 is 11.4 Å². The fraction of sp³-hybridized carbons (Fsp3) is 0.214. The van der Waals surface area contributed by atoms with Gasteiger partial charge >= 0.3 is 0 Å². The van der Waals surface area contributed by atoms with E-state index in [0.717, 1.165) is 0 Å². The van der Waals surface area contributed by atoms with E-state index >= 15 is 0 Å². The lowest BCUT2D eigenvalue weighted by molar-refractivity contribution is 0.0734. The lowest BCUT2D eigenvalue weighted by atomic mass is 10.1. The normalized spacial score (nSPS) is 12.0. The molecule has 7 heteroatoms. The Labute approximate surface area is 128 Å². The Bertz CT molecular complexity index is 825. The molecule has 3 heterocycles. The maximum atomic E-state index is 14.0. The smallest absolute Gasteiger partial charge is 0.155 e. The van der Waals surface area contributed by atoms with Crippen LogP contribution in [-0.2, 0) is 5.60 Å². The van der Waals surface area contributed by atoms with Crippen molar-refractivity contribution < 1.29 is 9.50 Å². The quantitative estimate of drug-likeness (QED) is 0.721. The van der Waals surface area contributed by atoms with Gasteiger partial charge in [0.2, 0.25) is 0 Å². The first-order chi connectivity index (χ1) is 9.86. The van der Waals surface area contributed by atoms with E-state index in [-0.39, 0.29) is 5.69 Å². The molecule has 3 aromatic rings. The molecule has 0 spiro atoms. The minimum atomic E-state index is -1.10. The van der Waals surface area contributed by atoms with Crippen LogP contribution in [0.25, 0.3) is 17.0 Å². The summed E-state index contributed by atoms with van der Waals surface area (Å²) in [5.41, 5.74) is 0.601. The number of aromatic nitrogens is 4. The molecule has 0 atom stereocenters. The average molecular weight is 351 g/mol. The van der Waals surface area contributed by atoms with Crippen molar-refractivity contribution >= 4 is 21.6 Å². The summed E-state index contributed by atoms with van der Waals surface area (Å²) in [7, 11) is 0. The van der Waals surface area contributed by atoms with E-state index in [1.807, 2.05) is 0 Å². The lowest BCUT2D eigenvalue weighted by Gasteiger charge is -2.16. The van der Waals surface area contributed by atoms with Crippen LogP contribution in [-0.4, -0.2) is 24.5 Å². The number of hydrogen-bond donors (Lipinski definition) is 1. The number of imidazole rings is 1. The van der Waals surface area contributed by atoms with Crippen LogP contribution in [0.3, 0.4) is 0 Å². The fourth-order valence-electron chi connectivity index (χ4n) is 1.98. The average Bonchev–Trinajstić information content (AvgIpc) is 2.83. The zero-order valence-electron chi connectivity index (χ0n) is 11.4. The van der Waals surface area contributed by atoms with Gasteiger partial charge in [-0.05, 0) is 41.9 Å². The van der Waals surface area contributed by atoms with Gasteiger partial charge in [0.05, 0.1) is 23.8 Å². The number of rotatable bonds is 2. The second-order valence-electron chi connectivity index (χ2n) is 5.17. The van der Waals surface area contributed by atoms with Crippen molar-refractivity contribution in [3.05, 3.63) is 46.8 Å². The summed E-state index contributed by atoms with van der Waals surface area (Å²) in [6, 6.07) is 2.87. The number of fused-ring (bicyclic) bond motifs is 1. The highest BCUT2D eigenvalue weighted by Crippen LogP contribution is 2.25. The van der Waals surface area contributed by atoms with Crippen LogP contribution in [0, 0.1) is 5.82 Å². The Morgan fingerprint density at radius 2 is 2.00 bits per heavy atom. The minimum absolute atomic E-state index is 0.185. The van der Waals surface area contributed by atoms with Gasteiger partial charge in [-0.15, -0.1) is 0 Å². The van der Waals surface area contributed by atoms with Crippen molar-refractivity contribution in [2.24, 2.45) is 0 Å². The van der Waals surface area contributed by atoms with Crippen molar-refractivity contribution in [2.45, 2.75) is 19.4 Å². The second-order valence-corrected chi connectivity index (χ2v) is 5.98. The Morgan fingerprint density at radius 3 is 2.71 bits per heavy atom. The predicted molar refractivity (Wildman–Crippen MR) is 79.1 cm³/mol. The van der Waals surface area contributed by atoms with Gasteiger partial charge < -0.3 is 5.11 Å². The van der Waals surface area contributed by atoms with Crippen LogP contribution in [0.2, 0.25) is 0 Å². The highest BCUT2D eigenvalue weighted by Gasteiger charge is 2.20. The highest BCUT2D eigenvalue weighted by molar-refractivity contribution is 9.10. The molecule has 0 aliphatic rings. The largest absolute Gasteiger partial charge is 0.384 e. The molecule has 3 rings (SSSR count). The highest BCUT2D eigenvalue weighted by atomic mass is 79.9. The molecule has 0 amide bonds. The Balaban J connectivity index is 2.26. The molecule has 21 heavy (non-hydrogen) atoms. The van der Waals surface area contributed by atoms with Crippen molar-refractivity contribution in [2.75, 3.05) is 0 Å². The number of halogens is 2. The van der Waals surface area contributed by atoms with E-state index in [9.17, 15) is 9.50 Å². The fourth-order valence-corrected chi connectivity index (χ4v) is 2.29. The zero-order chi connectivity index (χ0) is 15.2. The Kier molecular flexibility index (Phi) is 3.26. The van der Waals surface area contributed by atoms with Crippen LogP contribution in [0.5, 0.6) is 0 Å². The third-order valence-corrected chi connectivity index (χ3v) is 3.52. The van der Waals surface area contributed by atoms with Crippen LogP contribution < -0.4 is 0 Å². The first-order valence-corrected chi connectivity index (χ1v) is 7.04. The number of nitrogens with zero attached hydrogens (tertiary/aromatic N) is 4. The van der Waals surface area contributed by atoms with Crippen LogP contribution >= 0.6 is 15.9 Å². The molecule has 0 aromatic carbocycles. The van der Waals surface area contributed by atoms with Gasteiger partial charge in [-0.25, -0.2) is 14.4 Å². The van der Waals surface area contributed by atoms with Crippen molar-refractivity contribution in [1.29, 1.82) is 0 Å². The molecule has 0 saturated carbocycles. The summed E-state index contributed by atoms with van der Waals surface area (Å²) in [6.45, 7) is 3.27. The molecule has 0 aliphatic carbocycles. The number of aliphatic hydroxyl groups is 1. The van der Waals surface area contributed by atoms with Gasteiger partial charge in [-0.2, -0.15) is 0 Å². The van der Waals surface area contributed by atoms with Gasteiger partial charge in [-0.1, -0.05) is 0 Å². The van der Waals surface area contributed by atoms with E-state index in [1.54, 1.807) is 24.4 Å². The van der Waals surface area contributed by atoms with Crippen molar-refractivity contribution in [1.82, 2.24) is 19.4 Å². The number of pyridine rings is 1. The first kappa shape index (κ1) is 14.1. The van der Waals surface area contributed by atoms with E-state index in [4.69, 9.17) is 0 Å². The lowest BCUT2D eigenvalue weighted by Crippen LogP contribution is -2.18. The van der Waals surface area contributed by atoms with Crippen LogP contribution in [0.1, 0.15) is 19.5 Å². The topological polar surface area (TPSA) is 63.3 Å². The molecular formula is C14H12BrFN4O. The van der Waals surface area contributed by atoms with Crippen LogP contribution in [0.15, 0.2) is 35.3 Å². The van der Waals surface area contributed by atoms with Crippen molar-refractivity contribution in [3.63, 3.8) is 0 Å². The van der Waals surface area contributed by atoms with Gasteiger partial charge in [0.1, 0.15) is 15.9 Å². The monoisotopic (exact) mass is 350 g/mol. The minimum Gasteiger partial charge on any atom is -0.384 e. The molecule has 0 radical (unpaired) electrons. The van der Waals surface area contributed by atoms with E-state index in [2.05, 4.69) is 30.9 Å². The van der Waals surface area contributed by atoms with Crippen molar-refractivity contribution in [3.8, 4) is 11.4 Å². The molecule has 0 saturated heterocycles. The molecule has 108 valence electrons. The third-order valence-electron chi connectivity index (χ3n) is 3.08. The van der Waals surface area contributed by atoms with Crippen LogP contribution in [0.4, 0.5) is 4.39 Å². The van der Waals surface area contributed by atoms with Gasteiger partial charge in [0, 0.05) is 6.20 Å². The van der Waals surface area contributed by atoms with Gasteiger partial charge in [0.25, 0.3) is 0 Å². The summed E-state index contributed by atoms with van der Waals surface area (Å²) < 4.78 is 16.2. The Morgan fingerprint density at radius 1 is 1.24 bits per heavy atom. The molecule has 0 aliphatic heterocycles. The molecule has 0 bridgehead atoms. The molecular weight excluding hydrogens is 339 g/mol. The molecule has 5 nitrogen and oxygen atoms in total. The summed E-state index contributed by atoms with van der Waals surface area (Å²) >= 11 is 3.23. The Hall–Kier alpha value is -1.86. The summed E-state index contributed by atoms with van der Waals surface area (Å²) in [4.78, 5) is 12.5. The van der Waals surface area contributed by atoms with E-state index in [0.29, 0.717) is 21.6 Å². The first-order valence-electron chi connectivity index (χ1n) is 6.24. The third kappa shape index (κ3) is 2.54. The van der Waals surface area contributed by atoms with E-state index in [1.165, 1.54) is 24.5 Å². The molecule has 0 fully saturated rings. The maximum Gasteiger partial charge on any atom is 0.155 e. The maximum absolute atomic E-state index is 14.0. The molecule has 3 aromatic heterocycles. The molecule has 1 N–H and O–H groups in total. The SMILES string of the molecule is CC(C)(O)c1cn2c(-c3nc(Br)ccc3F)cnc2cn1. The van der Waals surface area contributed by atoms with Gasteiger partial charge in [0.15, 0.2) is 11.5 Å². The predicted octanol–water partition coefficient (Wildman–Crippen LogP) is 2.92. The summed E-state index contributed by atoms with van der Waals surface area (Å²) in [5.74, 6) is -0.443. The standard InChI is InChI=1S/C14H12BrFN4O/c1-14(2,21)10-7-20-9(5-18-12(20)6-17-10)13-8(16)3-4-11(15)19-13/h3-7,21H,1-2H3. The van der Waals surface area contributed by atoms with Gasteiger partial charge in [-0.3, -0.25) is 9.38 Å². The zero-order valence-corrected chi connectivity index (χ0v) is 13.0. The summed E-state index contributed by atoms with van der Waals surface area (Å²) in [6.07, 6.45) is 4.70. The summed E-state index contributed by atoms with van der Waals surface area (Å²) in [5, 5.41) is 10.1. The molecule has 0 unspecified atom stereocenters. The number of hydrogen-bond acceptors (Lipinski definition) is 4.